The minimum Gasteiger partial charge on any atom is -0.316 e. The molecule has 2 aromatic rings. The summed E-state index contributed by atoms with van der Waals surface area (Å²) in [6, 6.07) is 9.29. The molecule has 1 aliphatic carbocycles. The Morgan fingerprint density at radius 1 is 1.44 bits per heavy atom. The van der Waals surface area contributed by atoms with Crippen molar-refractivity contribution in [2.75, 3.05) is 7.05 Å². The average Bonchev–Trinajstić information content (AvgIpc) is 2.75. The maximum Gasteiger partial charge on any atom is 0.0943 e. The van der Waals surface area contributed by atoms with Crippen LogP contribution in [-0.2, 0) is 12.8 Å². The first-order valence-electron chi connectivity index (χ1n) is 6.44. The minimum atomic E-state index is 0.505. The van der Waals surface area contributed by atoms with E-state index in [1.807, 2.05) is 0 Å². The number of benzene rings is 1. The van der Waals surface area contributed by atoms with E-state index in [-0.39, 0.29) is 0 Å². The predicted molar refractivity (Wildman–Crippen MR) is 76.3 cm³/mol. The van der Waals surface area contributed by atoms with Crippen molar-refractivity contribution in [3.05, 3.63) is 51.5 Å². The Hall–Kier alpha value is -1.19. The first-order chi connectivity index (χ1) is 8.78. The van der Waals surface area contributed by atoms with E-state index in [4.69, 9.17) is 0 Å². The van der Waals surface area contributed by atoms with Crippen molar-refractivity contribution in [3.8, 4) is 0 Å². The zero-order valence-electron chi connectivity index (χ0n) is 10.8. The predicted octanol–water partition coefficient (Wildman–Crippen LogP) is 2.92. The van der Waals surface area contributed by atoms with Crippen LogP contribution >= 0.6 is 11.3 Å². The molecule has 3 rings (SSSR count). The van der Waals surface area contributed by atoms with E-state index in [9.17, 15) is 0 Å². The van der Waals surface area contributed by atoms with Crippen molar-refractivity contribution in [3.63, 3.8) is 0 Å². The number of likely N-dealkylation sites (N-methyl/N-ethyl adjacent to an activating group) is 1. The van der Waals surface area contributed by atoms with Crippen LogP contribution < -0.4 is 5.32 Å². The summed E-state index contributed by atoms with van der Waals surface area (Å²) in [7, 11) is 2.06. The molecule has 1 N–H and O–H groups in total. The largest absolute Gasteiger partial charge is 0.316 e. The van der Waals surface area contributed by atoms with Gasteiger partial charge in [-0.15, -0.1) is 11.3 Å². The molecular weight excluding hydrogens is 240 g/mol. The number of hydrogen-bond donors (Lipinski definition) is 1. The molecule has 2 atom stereocenters. The van der Waals surface area contributed by atoms with E-state index >= 15 is 0 Å². The van der Waals surface area contributed by atoms with Crippen LogP contribution in [0.4, 0.5) is 0 Å². The number of nitrogens with zero attached hydrogens (tertiary/aromatic N) is 1. The Morgan fingerprint density at radius 3 is 2.94 bits per heavy atom. The molecule has 1 aliphatic rings. The van der Waals surface area contributed by atoms with E-state index in [0.29, 0.717) is 12.0 Å². The zero-order chi connectivity index (χ0) is 12.5. The fourth-order valence-corrected chi connectivity index (χ4v) is 3.62. The maximum absolute atomic E-state index is 4.57. The summed E-state index contributed by atoms with van der Waals surface area (Å²) in [6.45, 7) is 2.06. The lowest BCUT2D eigenvalue weighted by atomic mass is 9.73. The summed E-state index contributed by atoms with van der Waals surface area (Å²) in [5.74, 6) is 0.649. The third kappa shape index (κ3) is 2.08. The number of hydrogen-bond acceptors (Lipinski definition) is 3. The van der Waals surface area contributed by atoms with Crippen LogP contribution in [0.15, 0.2) is 29.6 Å². The van der Waals surface area contributed by atoms with Gasteiger partial charge in [-0.2, -0.15) is 0 Å². The SMILES string of the molecule is CNC(Cc1nc(C)cs1)C1Cc2ccccc21. The summed E-state index contributed by atoms with van der Waals surface area (Å²) in [5.41, 5.74) is 4.17. The van der Waals surface area contributed by atoms with Crippen molar-refractivity contribution >= 4 is 11.3 Å². The smallest absolute Gasteiger partial charge is 0.0943 e. The first-order valence-corrected chi connectivity index (χ1v) is 7.32. The molecule has 0 saturated carbocycles. The van der Waals surface area contributed by atoms with Gasteiger partial charge in [-0.25, -0.2) is 4.98 Å². The van der Waals surface area contributed by atoms with Gasteiger partial charge in [0.05, 0.1) is 5.01 Å². The highest BCUT2D eigenvalue weighted by atomic mass is 32.1. The fraction of sp³-hybridized carbons (Fsp3) is 0.400. The van der Waals surface area contributed by atoms with E-state index in [2.05, 4.69) is 53.9 Å². The van der Waals surface area contributed by atoms with Gasteiger partial charge < -0.3 is 5.32 Å². The first kappa shape index (κ1) is 11.9. The number of aromatic nitrogens is 1. The molecule has 94 valence electrons. The number of thiazole rings is 1. The van der Waals surface area contributed by atoms with Gasteiger partial charge in [-0.05, 0) is 31.5 Å². The molecule has 1 aromatic carbocycles. The van der Waals surface area contributed by atoms with Gasteiger partial charge in [0.1, 0.15) is 0 Å². The second kappa shape index (κ2) is 4.82. The van der Waals surface area contributed by atoms with Crippen LogP contribution in [0.1, 0.15) is 27.7 Å². The molecule has 0 fully saturated rings. The summed E-state index contributed by atoms with van der Waals surface area (Å²) in [5, 5.41) is 6.85. The topological polar surface area (TPSA) is 24.9 Å². The monoisotopic (exact) mass is 258 g/mol. The van der Waals surface area contributed by atoms with Crippen molar-refractivity contribution in [2.45, 2.75) is 31.7 Å². The molecule has 0 saturated heterocycles. The third-order valence-corrected chi connectivity index (χ3v) is 4.80. The van der Waals surface area contributed by atoms with Crippen molar-refractivity contribution in [2.24, 2.45) is 0 Å². The Bertz CT molecular complexity index is 547. The third-order valence-electron chi connectivity index (χ3n) is 3.81. The van der Waals surface area contributed by atoms with E-state index in [0.717, 1.165) is 12.1 Å². The lowest BCUT2D eigenvalue weighted by Gasteiger charge is -2.36. The van der Waals surface area contributed by atoms with Crippen LogP contribution in [0.5, 0.6) is 0 Å². The lowest BCUT2D eigenvalue weighted by Crippen LogP contribution is -2.39. The normalized spacial score (nSPS) is 19.1. The van der Waals surface area contributed by atoms with Crippen LogP contribution in [-0.4, -0.2) is 18.1 Å². The molecule has 2 unspecified atom stereocenters. The number of fused-ring (bicyclic) bond motifs is 1. The van der Waals surface area contributed by atoms with Gasteiger partial charge >= 0.3 is 0 Å². The molecule has 0 spiro atoms. The van der Waals surface area contributed by atoms with Gasteiger partial charge in [0.25, 0.3) is 0 Å². The highest BCUT2D eigenvalue weighted by Gasteiger charge is 2.32. The second-order valence-electron chi connectivity index (χ2n) is 4.99. The molecule has 0 amide bonds. The van der Waals surface area contributed by atoms with Crippen LogP contribution in [0.2, 0.25) is 0 Å². The highest BCUT2D eigenvalue weighted by Crippen LogP contribution is 2.38. The number of rotatable bonds is 4. The van der Waals surface area contributed by atoms with Gasteiger partial charge in [-0.1, -0.05) is 24.3 Å². The van der Waals surface area contributed by atoms with E-state index < -0.39 is 0 Å². The molecular formula is C15H18N2S. The van der Waals surface area contributed by atoms with Crippen LogP contribution in [0.25, 0.3) is 0 Å². The molecule has 0 aliphatic heterocycles. The Morgan fingerprint density at radius 2 is 2.28 bits per heavy atom. The van der Waals surface area contributed by atoms with Gasteiger partial charge in [0.2, 0.25) is 0 Å². The molecule has 3 heteroatoms. The van der Waals surface area contributed by atoms with E-state index in [1.54, 1.807) is 11.3 Å². The van der Waals surface area contributed by atoms with Crippen LogP contribution in [0.3, 0.4) is 0 Å². The zero-order valence-corrected chi connectivity index (χ0v) is 11.6. The maximum atomic E-state index is 4.57. The van der Waals surface area contributed by atoms with E-state index in [1.165, 1.54) is 22.6 Å². The van der Waals surface area contributed by atoms with Gasteiger partial charge in [0, 0.05) is 29.5 Å². The Balaban J connectivity index is 1.75. The fourth-order valence-electron chi connectivity index (χ4n) is 2.79. The average molecular weight is 258 g/mol. The molecule has 2 nitrogen and oxygen atoms in total. The van der Waals surface area contributed by atoms with Gasteiger partial charge in [-0.3, -0.25) is 0 Å². The summed E-state index contributed by atoms with van der Waals surface area (Å²) >= 11 is 1.78. The quantitative estimate of drug-likeness (QED) is 0.912. The number of nitrogens with one attached hydrogen (secondary N) is 1. The van der Waals surface area contributed by atoms with Crippen molar-refractivity contribution in [1.82, 2.24) is 10.3 Å². The Labute approximate surface area is 112 Å². The number of aryl methyl sites for hydroxylation is 1. The molecule has 0 bridgehead atoms. The summed E-state index contributed by atoms with van der Waals surface area (Å²) in [6.07, 6.45) is 2.24. The minimum absolute atomic E-state index is 0.505. The molecule has 0 radical (unpaired) electrons. The van der Waals surface area contributed by atoms with Crippen LogP contribution in [0, 0.1) is 6.92 Å². The van der Waals surface area contributed by atoms with Gasteiger partial charge in [0.15, 0.2) is 0 Å². The lowest BCUT2D eigenvalue weighted by molar-refractivity contribution is 0.422. The standard InChI is InChI=1S/C15H18N2S/c1-10-9-18-15(17-10)8-14(16-2)13-7-11-5-3-4-6-12(11)13/h3-6,9,13-14,16H,7-8H2,1-2H3. The van der Waals surface area contributed by atoms with Crippen molar-refractivity contribution < 1.29 is 0 Å². The summed E-state index contributed by atoms with van der Waals surface area (Å²) in [4.78, 5) is 4.57. The Kier molecular flexibility index (Phi) is 3.18. The van der Waals surface area contributed by atoms with Crippen molar-refractivity contribution in [1.29, 1.82) is 0 Å². The highest BCUT2D eigenvalue weighted by molar-refractivity contribution is 7.09. The molecule has 1 aromatic heterocycles. The summed E-state index contributed by atoms with van der Waals surface area (Å²) < 4.78 is 0. The second-order valence-corrected chi connectivity index (χ2v) is 5.93. The molecule has 18 heavy (non-hydrogen) atoms. The molecule has 1 heterocycles.